The van der Waals surface area contributed by atoms with Crippen molar-refractivity contribution in [3.05, 3.63) is 29.3 Å². The van der Waals surface area contributed by atoms with Crippen molar-refractivity contribution in [3.8, 4) is 5.75 Å². The van der Waals surface area contributed by atoms with E-state index < -0.39 is 0 Å². The topological polar surface area (TPSA) is 70.1 Å². The second-order valence-corrected chi connectivity index (χ2v) is 5.87. The number of hydrogen-bond acceptors (Lipinski definition) is 5. The van der Waals surface area contributed by atoms with Crippen molar-refractivity contribution >= 4 is 11.8 Å². The number of amides is 2. The van der Waals surface area contributed by atoms with Crippen molar-refractivity contribution in [2.24, 2.45) is 5.92 Å². The molecule has 0 saturated carbocycles. The maximum Gasteiger partial charge on any atom is 0.261 e. The van der Waals surface area contributed by atoms with E-state index in [0.717, 1.165) is 11.4 Å². The monoisotopic (exact) mass is 306 g/mol. The average Bonchev–Trinajstić information content (AvgIpc) is 2.70. The Morgan fingerprint density at radius 1 is 1.23 bits per heavy atom. The van der Waals surface area contributed by atoms with Crippen LogP contribution in [0.4, 0.5) is 0 Å². The molecular weight excluding hydrogens is 284 g/mol. The van der Waals surface area contributed by atoms with Gasteiger partial charge in [-0.3, -0.25) is 14.5 Å². The summed E-state index contributed by atoms with van der Waals surface area (Å²) in [6.45, 7) is 3.32. The highest BCUT2D eigenvalue weighted by atomic mass is 16.5. The van der Waals surface area contributed by atoms with Crippen LogP contribution in [0, 0.1) is 5.92 Å². The number of carbonyl (C=O) groups excluding carboxylic acids is 2. The number of β-amino-alcohol motifs (C(OH)–C–C–N with tert-alkyl or cyclic N) is 1. The normalized spacial score (nSPS) is 15.4. The summed E-state index contributed by atoms with van der Waals surface area (Å²) in [5, 5.41) is 8.94. The number of benzene rings is 1. The molecule has 6 heteroatoms. The molecule has 0 aliphatic carbocycles. The van der Waals surface area contributed by atoms with Crippen LogP contribution in [0.2, 0.25) is 0 Å². The highest BCUT2D eigenvalue weighted by molar-refractivity contribution is 6.21. The first kappa shape index (κ1) is 16.5. The van der Waals surface area contributed by atoms with Crippen molar-refractivity contribution < 1.29 is 19.4 Å². The van der Waals surface area contributed by atoms with Crippen molar-refractivity contribution in [3.63, 3.8) is 0 Å². The Morgan fingerprint density at radius 3 is 2.55 bits per heavy atom. The van der Waals surface area contributed by atoms with Gasteiger partial charge >= 0.3 is 0 Å². The first-order chi connectivity index (χ1) is 10.4. The van der Waals surface area contributed by atoms with Crippen LogP contribution in [0.3, 0.4) is 0 Å². The van der Waals surface area contributed by atoms with Gasteiger partial charge in [0.05, 0.1) is 30.9 Å². The maximum atomic E-state index is 12.2. The summed E-state index contributed by atoms with van der Waals surface area (Å²) in [5.74, 6) is 0.199. The second kappa shape index (κ2) is 6.89. The Bertz CT molecular complexity index is 571. The van der Waals surface area contributed by atoms with Crippen molar-refractivity contribution in [2.45, 2.75) is 6.92 Å². The summed E-state index contributed by atoms with van der Waals surface area (Å²) in [7, 11) is 4.01. The minimum Gasteiger partial charge on any atom is -0.493 e. The molecule has 1 aromatic rings. The van der Waals surface area contributed by atoms with Gasteiger partial charge in [-0.1, -0.05) is 6.92 Å². The van der Waals surface area contributed by atoms with Crippen LogP contribution < -0.4 is 4.74 Å². The number of rotatable bonds is 7. The van der Waals surface area contributed by atoms with Crippen LogP contribution in [0.15, 0.2) is 18.2 Å². The van der Waals surface area contributed by atoms with Crippen molar-refractivity contribution in [2.75, 3.05) is 40.4 Å². The Morgan fingerprint density at radius 2 is 1.91 bits per heavy atom. The summed E-state index contributed by atoms with van der Waals surface area (Å²) in [4.78, 5) is 27.4. The van der Waals surface area contributed by atoms with E-state index in [1.165, 1.54) is 0 Å². The Kier molecular flexibility index (Phi) is 5.15. The molecule has 0 fully saturated rings. The smallest absolute Gasteiger partial charge is 0.261 e. The van der Waals surface area contributed by atoms with Gasteiger partial charge in [-0.25, -0.2) is 0 Å². The minimum absolute atomic E-state index is 0.0163. The molecule has 1 heterocycles. The number of carbonyl (C=O) groups is 2. The van der Waals surface area contributed by atoms with E-state index in [9.17, 15) is 9.59 Å². The largest absolute Gasteiger partial charge is 0.493 e. The van der Waals surface area contributed by atoms with Crippen LogP contribution in [0.1, 0.15) is 27.6 Å². The number of imide groups is 1. The van der Waals surface area contributed by atoms with E-state index in [-0.39, 0.29) is 25.0 Å². The van der Waals surface area contributed by atoms with Crippen LogP contribution >= 0.6 is 0 Å². The van der Waals surface area contributed by atoms with Gasteiger partial charge < -0.3 is 14.7 Å². The molecule has 1 N–H and O–H groups in total. The van der Waals surface area contributed by atoms with Crippen molar-refractivity contribution in [1.82, 2.24) is 9.80 Å². The molecule has 2 rings (SSSR count). The Labute approximate surface area is 130 Å². The zero-order valence-electron chi connectivity index (χ0n) is 13.2. The lowest BCUT2D eigenvalue weighted by Crippen LogP contribution is -2.32. The molecule has 22 heavy (non-hydrogen) atoms. The SMILES string of the molecule is CC(COc1ccc2c(c1)C(=O)N(CCO)C2=O)CN(C)C. The predicted molar refractivity (Wildman–Crippen MR) is 82.1 cm³/mol. The molecule has 0 bridgehead atoms. The molecule has 120 valence electrons. The van der Waals surface area contributed by atoms with Gasteiger partial charge in [0.2, 0.25) is 0 Å². The summed E-state index contributed by atoms with van der Waals surface area (Å²) >= 11 is 0. The van der Waals surface area contributed by atoms with Crippen LogP contribution in [-0.2, 0) is 0 Å². The zero-order valence-corrected chi connectivity index (χ0v) is 13.2. The van der Waals surface area contributed by atoms with Gasteiger partial charge in [0.25, 0.3) is 11.8 Å². The fourth-order valence-electron chi connectivity index (χ4n) is 2.58. The highest BCUT2D eigenvalue weighted by Gasteiger charge is 2.35. The predicted octanol–water partition coefficient (Wildman–Crippen LogP) is 0.851. The summed E-state index contributed by atoms with van der Waals surface area (Å²) in [6, 6.07) is 4.92. The standard InChI is InChI=1S/C16H22N2O4/c1-11(9-17(2)3)10-22-12-4-5-13-14(8-12)16(21)18(6-7-19)15(13)20/h4-5,8,11,19H,6-7,9-10H2,1-3H3. The first-order valence-corrected chi connectivity index (χ1v) is 7.32. The van der Waals surface area contributed by atoms with E-state index in [0.29, 0.717) is 29.4 Å². The quantitative estimate of drug-likeness (QED) is 0.756. The zero-order chi connectivity index (χ0) is 16.3. The summed E-state index contributed by atoms with van der Waals surface area (Å²) in [5.41, 5.74) is 0.711. The lowest BCUT2D eigenvalue weighted by molar-refractivity contribution is 0.0624. The van der Waals surface area contributed by atoms with Crippen molar-refractivity contribution in [1.29, 1.82) is 0 Å². The van der Waals surface area contributed by atoms with Crippen LogP contribution in [-0.4, -0.2) is 67.1 Å². The van der Waals surface area contributed by atoms with Gasteiger partial charge in [0.15, 0.2) is 0 Å². The molecule has 1 aliphatic heterocycles. The Balaban J connectivity index is 2.07. The molecule has 1 atom stereocenters. The first-order valence-electron chi connectivity index (χ1n) is 7.32. The molecule has 0 aromatic heterocycles. The van der Waals surface area contributed by atoms with E-state index in [2.05, 4.69) is 11.8 Å². The molecule has 1 aromatic carbocycles. The molecule has 0 radical (unpaired) electrons. The molecule has 0 saturated heterocycles. The minimum atomic E-state index is -0.374. The van der Waals surface area contributed by atoms with Gasteiger partial charge in [0.1, 0.15) is 5.75 Å². The maximum absolute atomic E-state index is 12.2. The fourth-order valence-corrected chi connectivity index (χ4v) is 2.58. The van der Waals surface area contributed by atoms with E-state index in [1.807, 2.05) is 14.1 Å². The molecule has 6 nitrogen and oxygen atoms in total. The van der Waals surface area contributed by atoms with E-state index in [1.54, 1.807) is 18.2 Å². The third kappa shape index (κ3) is 3.45. The van der Waals surface area contributed by atoms with Gasteiger partial charge in [0, 0.05) is 12.5 Å². The van der Waals surface area contributed by atoms with Crippen LogP contribution in [0.5, 0.6) is 5.75 Å². The van der Waals surface area contributed by atoms with Crippen LogP contribution in [0.25, 0.3) is 0 Å². The van der Waals surface area contributed by atoms with E-state index in [4.69, 9.17) is 9.84 Å². The number of hydrogen-bond donors (Lipinski definition) is 1. The number of nitrogens with zero attached hydrogens (tertiary/aromatic N) is 2. The van der Waals surface area contributed by atoms with Gasteiger partial charge in [-0.2, -0.15) is 0 Å². The third-order valence-electron chi connectivity index (χ3n) is 3.48. The number of aliphatic hydroxyl groups is 1. The third-order valence-corrected chi connectivity index (χ3v) is 3.48. The highest BCUT2D eigenvalue weighted by Crippen LogP contribution is 2.26. The Hall–Kier alpha value is -1.92. The number of ether oxygens (including phenoxy) is 1. The van der Waals surface area contributed by atoms with Gasteiger partial charge in [-0.05, 0) is 32.3 Å². The molecule has 1 unspecified atom stereocenters. The lowest BCUT2D eigenvalue weighted by Gasteiger charge is -2.17. The van der Waals surface area contributed by atoms with E-state index >= 15 is 0 Å². The van der Waals surface area contributed by atoms with Gasteiger partial charge in [-0.15, -0.1) is 0 Å². The lowest BCUT2D eigenvalue weighted by atomic mass is 10.1. The summed E-state index contributed by atoms with van der Waals surface area (Å²) < 4.78 is 5.71. The number of fused-ring (bicyclic) bond motifs is 1. The number of aliphatic hydroxyl groups excluding tert-OH is 1. The molecular formula is C16H22N2O4. The fraction of sp³-hybridized carbons (Fsp3) is 0.500. The molecule has 2 amide bonds. The average molecular weight is 306 g/mol. The summed E-state index contributed by atoms with van der Waals surface area (Å²) in [6.07, 6.45) is 0. The molecule has 0 spiro atoms. The molecule has 1 aliphatic rings. The second-order valence-electron chi connectivity index (χ2n) is 5.87.